The summed E-state index contributed by atoms with van der Waals surface area (Å²) in [7, 11) is 0. The maximum absolute atomic E-state index is 3.99. The normalized spacial score (nSPS) is 10.2. The summed E-state index contributed by atoms with van der Waals surface area (Å²) in [6, 6.07) is 0. The predicted octanol–water partition coefficient (Wildman–Crippen LogP) is 3.99. The lowest BCUT2D eigenvalue weighted by Gasteiger charge is -1.95. The van der Waals surface area contributed by atoms with Crippen LogP contribution in [0.25, 0.3) is 0 Å². The third-order valence-corrected chi connectivity index (χ3v) is 3.40. The highest BCUT2D eigenvalue weighted by atomic mass is 15.1. The molecular weight excluding hydrogens is 248 g/mol. The molecule has 2 heterocycles. The zero-order valence-corrected chi connectivity index (χ0v) is 13.3. The molecule has 0 aliphatic rings. The molecule has 0 radical (unpaired) electrons. The van der Waals surface area contributed by atoms with E-state index >= 15 is 0 Å². The first kappa shape index (κ1) is 16.5. The van der Waals surface area contributed by atoms with Gasteiger partial charge >= 0.3 is 0 Å². The Kier molecular flexibility index (Phi) is 7.70. The number of nitrogens with zero attached hydrogens (tertiary/aromatic N) is 2. The van der Waals surface area contributed by atoms with Crippen LogP contribution in [-0.2, 0) is 19.3 Å². The lowest BCUT2D eigenvalue weighted by atomic mass is 10.1. The molecule has 0 amide bonds. The van der Waals surface area contributed by atoms with Gasteiger partial charge in [0.15, 0.2) is 0 Å². The van der Waals surface area contributed by atoms with Crippen LogP contribution in [0.15, 0.2) is 12.4 Å². The van der Waals surface area contributed by atoms with Crippen molar-refractivity contribution < 1.29 is 0 Å². The van der Waals surface area contributed by atoms with Crippen molar-refractivity contribution in [3.8, 4) is 0 Å². The SMILES string of the molecule is CCCCc1[nH]ncc1C.CCCc1[nH]ncc1CC. The van der Waals surface area contributed by atoms with Gasteiger partial charge in [-0.15, -0.1) is 0 Å². The standard InChI is InChI=1S/2C8H14N2/c1-3-4-5-8-7(2)6-9-10-8;1-3-5-8-7(4-2)6-9-10-8/h2*6H,3-5H2,1-2H3,(H,9,10). The largest absolute Gasteiger partial charge is 0.282 e. The summed E-state index contributed by atoms with van der Waals surface area (Å²) >= 11 is 0. The molecule has 0 saturated carbocycles. The highest BCUT2D eigenvalue weighted by Gasteiger charge is 1.99. The number of rotatable bonds is 6. The van der Waals surface area contributed by atoms with Crippen molar-refractivity contribution in [3.05, 3.63) is 34.9 Å². The second-order valence-electron chi connectivity index (χ2n) is 5.11. The van der Waals surface area contributed by atoms with E-state index in [-0.39, 0.29) is 0 Å². The van der Waals surface area contributed by atoms with E-state index in [4.69, 9.17) is 0 Å². The number of unbranched alkanes of at least 4 members (excludes halogenated alkanes) is 1. The molecule has 0 aromatic carbocycles. The number of aromatic nitrogens is 4. The summed E-state index contributed by atoms with van der Waals surface area (Å²) in [5, 5.41) is 13.9. The third-order valence-electron chi connectivity index (χ3n) is 3.40. The number of aryl methyl sites for hydroxylation is 4. The van der Waals surface area contributed by atoms with E-state index in [1.807, 2.05) is 12.4 Å². The molecule has 2 rings (SSSR count). The van der Waals surface area contributed by atoms with Crippen LogP contribution in [0.3, 0.4) is 0 Å². The first-order chi connectivity index (χ1) is 9.72. The van der Waals surface area contributed by atoms with E-state index < -0.39 is 0 Å². The van der Waals surface area contributed by atoms with Crippen molar-refractivity contribution in [3.63, 3.8) is 0 Å². The van der Waals surface area contributed by atoms with Crippen LogP contribution in [0, 0.1) is 6.92 Å². The minimum atomic E-state index is 1.09. The highest BCUT2D eigenvalue weighted by Crippen LogP contribution is 2.07. The van der Waals surface area contributed by atoms with Gasteiger partial charge in [0.2, 0.25) is 0 Å². The Labute approximate surface area is 122 Å². The van der Waals surface area contributed by atoms with E-state index in [1.165, 1.54) is 41.8 Å². The number of nitrogens with one attached hydrogen (secondary N) is 2. The molecule has 0 saturated heterocycles. The molecule has 0 fully saturated rings. The Morgan fingerprint density at radius 1 is 0.900 bits per heavy atom. The second-order valence-corrected chi connectivity index (χ2v) is 5.11. The van der Waals surface area contributed by atoms with Gasteiger partial charge in [-0.05, 0) is 43.7 Å². The summed E-state index contributed by atoms with van der Waals surface area (Å²) in [5.41, 5.74) is 5.25. The Morgan fingerprint density at radius 3 is 2.15 bits per heavy atom. The molecule has 4 nitrogen and oxygen atoms in total. The lowest BCUT2D eigenvalue weighted by Crippen LogP contribution is -1.88. The Morgan fingerprint density at radius 2 is 1.60 bits per heavy atom. The number of hydrogen-bond acceptors (Lipinski definition) is 2. The first-order valence-electron chi connectivity index (χ1n) is 7.72. The van der Waals surface area contributed by atoms with Crippen LogP contribution in [0.2, 0.25) is 0 Å². The first-order valence-corrected chi connectivity index (χ1v) is 7.72. The van der Waals surface area contributed by atoms with Gasteiger partial charge in [0.05, 0.1) is 12.4 Å². The smallest absolute Gasteiger partial charge is 0.0522 e. The van der Waals surface area contributed by atoms with Crippen LogP contribution >= 0.6 is 0 Å². The van der Waals surface area contributed by atoms with Crippen LogP contribution < -0.4 is 0 Å². The van der Waals surface area contributed by atoms with Gasteiger partial charge in [0.1, 0.15) is 0 Å². The number of H-pyrrole nitrogens is 2. The van der Waals surface area contributed by atoms with E-state index in [2.05, 4.69) is 48.1 Å². The fourth-order valence-electron chi connectivity index (χ4n) is 2.09. The van der Waals surface area contributed by atoms with E-state index in [9.17, 15) is 0 Å². The third kappa shape index (κ3) is 5.19. The Hall–Kier alpha value is -1.58. The van der Waals surface area contributed by atoms with E-state index in [0.29, 0.717) is 0 Å². The topological polar surface area (TPSA) is 57.4 Å². The molecule has 0 bridgehead atoms. The molecule has 0 unspecified atom stereocenters. The molecule has 0 aliphatic carbocycles. The van der Waals surface area contributed by atoms with Crippen LogP contribution in [0.5, 0.6) is 0 Å². The fraction of sp³-hybridized carbons (Fsp3) is 0.625. The highest BCUT2D eigenvalue weighted by molar-refractivity contribution is 5.15. The van der Waals surface area contributed by atoms with Gasteiger partial charge in [-0.2, -0.15) is 10.2 Å². The zero-order valence-electron chi connectivity index (χ0n) is 13.3. The Balaban J connectivity index is 0.000000200. The van der Waals surface area contributed by atoms with Crippen LogP contribution in [-0.4, -0.2) is 20.4 Å². The minimum Gasteiger partial charge on any atom is -0.282 e. The quantitative estimate of drug-likeness (QED) is 0.838. The van der Waals surface area contributed by atoms with Gasteiger partial charge < -0.3 is 0 Å². The zero-order chi connectivity index (χ0) is 14.8. The van der Waals surface area contributed by atoms with Gasteiger partial charge in [-0.1, -0.05) is 33.6 Å². The Bertz CT molecular complexity index is 470. The van der Waals surface area contributed by atoms with Crippen molar-refractivity contribution in [1.29, 1.82) is 0 Å². The van der Waals surface area contributed by atoms with E-state index in [1.54, 1.807) is 0 Å². The summed E-state index contributed by atoms with van der Waals surface area (Å²) in [4.78, 5) is 0. The molecule has 0 spiro atoms. The average Bonchev–Trinajstić information content (AvgIpc) is 3.06. The average molecular weight is 276 g/mol. The molecule has 20 heavy (non-hydrogen) atoms. The molecule has 2 aromatic rings. The summed E-state index contributed by atoms with van der Waals surface area (Å²) in [6.07, 6.45) is 10.9. The van der Waals surface area contributed by atoms with Gasteiger partial charge in [0, 0.05) is 11.4 Å². The summed E-state index contributed by atoms with van der Waals surface area (Å²) in [6.45, 7) is 8.63. The summed E-state index contributed by atoms with van der Waals surface area (Å²) in [5.74, 6) is 0. The second kappa shape index (κ2) is 9.34. The molecule has 2 N–H and O–H groups in total. The molecule has 4 heteroatoms. The number of hydrogen-bond donors (Lipinski definition) is 2. The van der Waals surface area contributed by atoms with Gasteiger partial charge in [-0.3, -0.25) is 10.2 Å². The molecule has 2 aromatic heterocycles. The van der Waals surface area contributed by atoms with Crippen molar-refractivity contribution in [2.75, 3.05) is 0 Å². The van der Waals surface area contributed by atoms with Gasteiger partial charge in [-0.25, -0.2) is 0 Å². The van der Waals surface area contributed by atoms with Crippen molar-refractivity contribution in [2.45, 2.75) is 66.2 Å². The lowest BCUT2D eigenvalue weighted by molar-refractivity contribution is 0.768. The maximum atomic E-state index is 3.99. The molecule has 0 aliphatic heterocycles. The van der Waals surface area contributed by atoms with E-state index in [0.717, 1.165) is 19.3 Å². The summed E-state index contributed by atoms with van der Waals surface area (Å²) < 4.78 is 0. The molecular formula is C16H28N4. The van der Waals surface area contributed by atoms with Crippen molar-refractivity contribution in [2.24, 2.45) is 0 Å². The molecule has 112 valence electrons. The van der Waals surface area contributed by atoms with Crippen molar-refractivity contribution in [1.82, 2.24) is 20.4 Å². The van der Waals surface area contributed by atoms with Crippen LogP contribution in [0.4, 0.5) is 0 Å². The van der Waals surface area contributed by atoms with Gasteiger partial charge in [0.25, 0.3) is 0 Å². The maximum Gasteiger partial charge on any atom is 0.0522 e. The van der Waals surface area contributed by atoms with Crippen molar-refractivity contribution >= 4 is 0 Å². The molecule has 0 atom stereocenters. The van der Waals surface area contributed by atoms with Crippen LogP contribution in [0.1, 0.15) is 62.5 Å². The monoisotopic (exact) mass is 276 g/mol. The predicted molar refractivity (Wildman–Crippen MR) is 83.9 cm³/mol. The number of aromatic amines is 2. The minimum absolute atomic E-state index is 1.09. The fourth-order valence-corrected chi connectivity index (χ4v) is 2.09.